The van der Waals surface area contributed by atoms with Gasteiger partial charge in [-0.25, -0.2) is 9.59 Å². The number of benzene rings is 2. The third kappa shape index (κ3) is 5.15. The van der Waals surface area contributed by atoms with Crippen LogP contribution in [0, 0.1) is 0 Å². The molecule has 0 bridgehead atoms. The topological polar surface area (TPSA) is 114 Å². The van der Waals surface area contributed by atoms with Crippen molar-refractivity contribution in [2.24, 2.45) is 0 Å². The van der Waals surface area contributed by atoms with Crippen LogP contribution >= 0.6 is 0 Å². The fourth-order valence-electron chi connectivity index (χ4n) is 3.44. The second-order valence-electron chi connectivity index (χ2n) is 6.93. The number of carboxylic acid groups (broad SMARTS) is 1. The van der Waals surface area contributed by atoms with E-state index >= 15 is 0 Å². The van der Waals surface area contributed by atoms with Crippen molar-refractivity contribution in [2.45, 2.75) is 18.9 Å². The lowest BCUT2D eigenvalue weighted by Crippen LogP contribution is -2.46. The lowest BCUT2D eigenvalue weighted by Gasteiger charge is -2.17. The summed E-state index contributed by atoms with van der Waals surface area (Å²) in [6.07, 6.45) is -0.679. The van der Waals surface area contributed by atoms with Crippen molar-refractivity contribution in [3.63, 3.8) is 0 Å². The first kappa shape index (κ1) is 21.3. The molecule has 0 saturated carbocycles. The first-order chi connectivity index (χ1) is 14.5. The number of carboxylic acids is 1. The molecular formula is C22H24N2O6. The Labute approximate surface area is 174 Å². The van der Waals surface area contributed by atoms with Gasteiger partial charge in [-0.3, -0.25) is 4.79 Å². The number of aliphatic carboxylic acids is 1. The van der Waals surface area contributed by atoms with E-state index in [1.165, 1.54) is 6.92 Å². The Morgan fingerprint density at radius 3 is 2.23 bits per heavy atom. The van der Waals surface area contributed by atoms with E-state index in [0.29, 0.717) is 0 Å². The van der Waals surface area contributed by atoms with Gasteiger partial charge < -0.3 is 25.2 Å². The Morgan fingerprint density at radius 1 is 1.03 bits per heavy atom. The molecule has 158 valence electrons. The molecular weight excluding hydrogens is 388 g/mol. The largest absolute Gasteiger partial charge is 0.480 e. The molecule has 3 rings (SSSR count). The number of amides is 2. The zero-order valence-electron chi connectivity index (χ0n) is 16.6. The molecule has 3 N–H and O–H groups in total. The van der Waals surface area contributed by atoms with Gasteiger partial charge in [0, 0.05) is 12.5 Å². The Bertz CT molecular complexity index is 884. The number of hydrogen-bond donors (Lipinski definition) is 3. The van der Waals surface area contributed by atoms with Crippen molar-refractivity contribution in [3.05, 3.63) is 59.7 Å². The quantitative estimate of drug-likeness (QED) is 0.544. The molecule has 0 heterocycles. The Balaban J connectivity index is 1.48. The maximum atomic E-state index is 12.2. The predicted molar refractivity (Wildman–Crippen MR) is 109 cm³/mol. The fourth-order valence-corrected chi connectivity index (χ4v) is 3.44. The maximum absolute atomic E-state index is 12.2. The Hall–Kier alpha value is -3.39. The Morgan fingerprint density at radius 2 is 1.63 bits per heavy atom. The molecule has 2 aromatic carbocycles. The maximum Gasteiger partial charge on any atom is 0.407 e. The number of hydrogen-bond acceptors (Lipinski definition) is 5. The van der Waals surface area contributed by atoms with Crippen LogP contribution in [0.3, 0.4) is 0 Å². The SMILES string of the molecule is C[C@@H](NC(=O)OCC1c2ccccc2-c2ccccc21)C(=O)NCCOCC(=O)O. The average Bonchev–Trinajstić information content (AvgIpc) is 3.05. The molecule has 0 saturated heterocycles. The smallest absolute Gasteiger partial charge is 0.407 e. The molecule has 0 radical (unpaired) electrons. The van der Waals surface area contributed by atoms with E-state index in [0.717, 1.165) is 22.3 Å². The zero-order valence-corrected chi connectivity index (χ0v) is 16.6. The number of carbonyl (C=O) groups is 3. The third-order valence-corrected chi connectivity index (χ3v) is 4.84. The highest BCUT2D eigenvalue weighted by Gasteiger charge is 2.29. The molecule has 0 aliphatic heterocycles. The van der Waals surface area contributed by atoms with Gasteiger partial charge in [0.25, 0.3) is 0 Å². The van der Waals surface area contributed by atoms with Gasteiger partial charge in [-0.2, -0.15) is 0 Å². The summed E-state index contributed by atoms with van der Waals surface area (Å²) in [6.45, 7) is 1.48. The van der Waals surface area contributed by atoms with Crippen LogP contribution < -0.4 is 10.6 Å². The standard InChI is InChI=1S/C22H24N2O6/c1-14(21(27)23-10-11-29-13-20(25)26)24-22(28)30-12-19-17-8-4-2-6-15(17)16-7-3-5-9-18(16)19/h2-9,14,19H,10-13H2,1H3,(H,23,27)(H,24,28)(H,25,26)/t14-/m1/s1. The number of carbonyl (C=O) groups excluding carboxylic acids is 2. The van der Waals surface area contributed by atoms with E-state index < -0.39 is 30.6 Å². The molecule has 1 atom stereocenters. The number of fused-ring (bicyclic) bond motifs is 3. The van der Waals surface area contributed by atoms with Crippen molar-refractivity contribution in [2.75, 3.05) is 26.4 Å². The van der Waals surface area contributed by atoms with E-state index in [1.54, 1.807) is 0 Å². The summed E-state index contributed by atoms with van der Waals surface area (Å²) < 4.78 is 10.2. The van der Waals surface area contributed by atoms with Gasteiger partial charge in [-0.05, 0) is 29.2 Å². The second kappa shape index (κ2) is 9.89. The fraction of sp³-hybridized carbons (Fsp3) is 0.318. The average molecular weight is 412 g/mol. The van der Waals surface area contributed by atoms with E-state index in [4.69, 9.17) is 14.6 Å². The summed E-state index contributed by atoms with van der Waals surface area (Å²) >= 11 is 0. The van der Waals surface area contributed by atoms with Crippen LogP contribution in [0.5, 0.6) is 0 Å². The molecule has 0 fully saturated rings. The van der Waals surface area contributed by atoms with Crippen molar-refractivity contribution in [3.8, 4) is 11.1 Å². The van der Waals surface area contributed by atoms with Gasteiger partial charge >= 0.3 is 12.1 Å². The highest BCUT2D eigenvalue weighted by Crippen LogP contribution is 2.44. The van der Waals surface area contributed by atoms with Gasteiger partial charge in [0.2, 0.25) is 5.91 Å². The van der Waals surface area contributed by atoms with Crippen molar-refractivity contribution < 1.29 is 29.0 Å². The van der Waals surface area contributed by atoms with Crippen LogP contribution in [0.1, 0.15) is 24.0 Å². The summed E-state index contributed by atoms with van der Waals surface area (Å²) in [4.78, 5) is 34.5. The van der Waals surface area contributed by atoms with Crippen molar-refractivity contribution >= 4 is 18.0 Å². The molecule has 8 nitrogen and oxygen atoms in total. The monoisotopic (exact) mass is 412 g/mol. The molecule has 2 aromatic rings. The number of nitrogens with one attached hydrogen (secondary N) is 2. The summed E-state index contributed by atoms with van der Waals surface area (Å²) in [6, 6.07) is 15.3. The minimum atomic E-state index is -1.08. The second-order valence-corrected chi connectivity index (χ2v) is 6.93. The number of rotatable bonds is 9. The van der Waals surface area contributed by atoms with Crippen molar-refractivity contribution in [1.82, 2.24) is 10.6 Å². The molecule has 0 aromatic heterocycles. The normalized spacial score (nSPS) is 13.1. The number of alkyl carbamates (subject to hydrolysis) is 1. The highest BCUT2D eigenvalue weighted by molar-refractivity contribution is 5.85. The first-order valence-electron chi connectivity index (χ1n) is 9.66. The molecule has 0 unspecified atom stereocenters. The molecule has 0 spiro atoms. The van der Waals surface area contributed by atoms with Crippen LogP contribution in [0.4, 0.5) is 4.79 Å². The van der Waals surface area contributed by atoms with Crippen LogP contribution in [-0.4, -0.2) is 55.5 Å². The molecule has 1 aliphatic rings. The molecule has 1 aliphatic carbocycles. The van der Waals surface area contributed by atoms with E-state index in [9.17, 15) is 14.4 Å². The van der Waals surface area contributed by atoms with Gasteiger partial charge in [0.15, 0.2) is 0 Å². The summed E-state index contributed by atoms with van der Waals surface area (Å²) in [5.74, 6) is -1.55. The van der Waals surface area contributed by atoms with Gasteiger partial charge in [0.05, 0.1) is 6.61 Å². The van der Waals surface area contributed by atoms with E-state index in [1.807, 2.05) is 36.4 Å². The van der Waals surface area contributed by atoms with Gasteiger partial charge in [0.1, 0.15) is 19.3 Å². The minimum absolute atomic E-state index is 0.0568. The summed E-state index contributed by atoms with van der Waals surface area (Å²) in [5.41, 5.74) is 4.50. The first-order valence-corrected chi connectivity index (χ1v) is 9.66. The van der Waals surface area contributed by atoms with Crippen LogP contribution in [0.15, 0.2) is 48.5 Å². The third-order valence-electron chi connectivity index (χ3n) is 4.84. The van der Waals surface area contributed by atoms with Crippen LogP contribution in [0.2, 0.25) is 0 Å². The molecule has 8 heteroatoms. The van der Waals surface area contributed by atoms with Crippen molar-refractivity contribution in [1.29, 1.82) is 0 Å². The lowest BCUT2D eigenvalue weighted by molar-refractivity contribution is -0.142. The summed E-state index contributed by atoms with van der Waals surface area (Å²) in [5, 5.41) is 13.5. The molecule has 2 amide bonds. The van der Waals surface area contributed by atoms with Gasteiger partial charge in [-0.15, -0.1) is 0 Å². The summed E-state index contributed by atoms with van der Waals surface area (Å²) in [7, 11) is 0. The van der Waals surface area contributed by atoms with E-state index in [2.05, 4.69) is 22.8 Å². The Kier molecular flexibility index (Phi) is 7.03. The van der Waals surface area contributed by atoms with Crippen LogP contribution in [-0.2, 0) is 19.1 Å². The number of ether oxygens (including phenoxy) is 2. The van der Waals surface area contributed by atoms with Gasteiger partial charge in [-0.1, -0.05) is 48.5 Å². The molecule has 30 heavy (non-hydrogen) atoms. The van der Waals surface area contributed by atoms with E-state index in [-0.39, 0.29) is 25.7 Å². The lowest BCUT2D eigenvalue weighted by atomic mass is 9.98. The minimum Gasteiger partial charge on any atom is -0.480 e. The predicted octanol–water partition coefficient (Wildman–Crippen LogP) is 2.13. The van der Waals surface area contributed by atoms with Crippen LogP contribution in [0.25, 0.3) is 11.1 Å². The zero-order chi connectivity index (χ0) is 21.5. The highest BCUT2D eigenvalue weighted by atomic mass is 16.5.